The molecule has 0 aliphatic heterocycles. The zero-order valence-electron chi connectivity index (χ0n) is 16.4. The summed E-state index contributed by atoms with van der Waals surface area (Å²) in [6, 6.07) is 17.7. The van der Waals surface area contributed by atoms with Gasteiger partial charge in [-0.3, -0.25) is 4.98 Å². The molecule has 0 amide bonds. The molecule has 7 nitrogen and oxygen atoms in total. The summed E-state index contributed by atoms with van der Waals surface area (Å²) in [6.07, 6.45) is 1.61. The van der Waals surface area contributed by atoms with E-state index in [1.54, 1.807) is 48.7 Å². The van der Waals surface area contributed by atoms with E-state index in [2.05, 4.69) is 4.98 Å². The second-order valence-corrected chi connectivity index (χ2v) is 8.44. The zero-order chi connectivity index (χ0) is 21.6. The van der Waals surface area contributed by atoms with Crippen LogP contribution in [0.2, 0.25) is 0 Å². The Labute approximate surface area is 175 Å². The van der Waals surface area contributed by atoms with Crippen molar-refractivity contribution in [3.05, 3.63) is 89.7 Å². The molecule has 0 unspecified atom stereocenters. The smallest absolute Gasteiger partial charge is 0.335 e. The maximum absolute atomic E-state index is 13.3. The molecule has 0 aliphatic rings. The third kappa shape index (κ3) is 5.22. The van der Waals surface area contributed by atoms with E-state index in [0.29, 0.717) is 23.6 Å². The van der Waals surface area contributed by atoms with Crippen molar-refractivity contribution in [1.29, 1.82) is 0 Å². The number of carboxylic acids is 1. The predicted molar refractivity (Wildman–Crippen MR) is 112 cm³/mol. The first-order valence-electron chi connectivity index (χ1n) is 9.35. The second-order valence-electron chi connectivity index (χ2n) is 6.50. The number of carboxylic acid groups (broad SMARTS) is 1. The lowest BCUT2D eigenvalue weighted by molar-refractivity contribution is 0.0697. The Morgan fingerprint density at radius 3 is 2.27 bits per heavy atom. The standard InChI is InChI=1S/C22H22N2O5S/c1-2-29-20-10-12-21(13-11-20)30(27,28)24(16-19-5-3-4-14-23-19)15-17-6-8-18(9-7-17)22(25)26/h3-14H,2,15-16H2,1H3,(H,25,26). The van der Waals surface area contributed by atoms with Crippen molar-refractivity contribution < 1.29 is 23.1 Å². The van der Waals surface area contributed by atoms with Crippen molar-refractivity contribution in [1.82, 2.24) is 9.29 Å². The molecule has 0 aliphatic carbocycles. The largest absolute Gasteiger partial charge is 0.494 e. The highest BCUT2D eigenvalue weighted by Gasteiger charge is 2.25. The first kappa shape index (κ1) is 21.5. The molecular formula is C22H22N2O5S. The number of pyridine rings is 1. The molecular weight excluding hydrogens is 404 g/mol. The maximum Gasteiger partial charge on any atom is 0.335 e. The fraction of sp³-hybridized carbons (Fsp3) is 0.182. The Hall–Kier alpha value is -3.23. The van der Waals surface area contributed by atoms with Crippen molar-refractivity contribution in [3.8, 4) is 5.75 Å². The number of rotatable bonds is 9. The Morgan fingerprint density at radius 2 is 1.70 bits per heavy atom. The first-order valence-corrected chi connectivity index (χ1v) is 10.8. The van der Waals surface area contributed by atoms with E-state index < -0.39 is 16.0 Å². The second kappa shape index (κ2) is 9.51. The fourth-order valence-corrected chi connectivity index (χ4v) is 4.28. The quantitative estimate of drug-likeness (QED) is 0.562. The van der Waals surface area contributed by atoms with Crippen LogP contribution >= 0.6 is 0 Å². The summed E-state index contributed by atoms with van der Waals surface area (Å²) in [7, 11) is -3.83. The van der Waals surface area contributed by atoms with Crippen LogP contribution in [-0.2, 0) is 23.1 Å². The highest BCUT2D eigenvalue weighted by molar-refractivity contribution is 7.89. The van der Waals surface area contributed by atoms with Gasteiger partial charge in [-0.25, -0.2) is 13.2 Å². The van der Waals surface area contributed by atoms with Crippen molar-refractivity contribution in [2.45, 2.75) is 24.9 Å². The van der Waals surface area contributed by atoms with Gasteiger partial charge in [0.25, 0.3) is 0 Å². The number of hydrogen-bond acceptors (Lipinski definition) is 5. The number of aromatic carboxylic acids is 1. The zero-order valence-corrected chi connectivity index (χ0v) is 17.2. The van der Waals surface area contributed by atoms with Crippen LogP contribution in [0.25, 0.3) is 0 Å². The molecule has 1 aromatic heterocycles. The van der Waals surface area contributed by atoms with Gasteiger partial charge < -0.3 is 9.84 Å². The van der Waals surface area contributed by atoms with Gasteiger partial charge in [-0.1, -0.05) is 18.2 Å². The van der Waals surface area contributed by atoms with Gasteiger partial charge in [-0.2, -0.15) is 4.31 Å². The molecule has 8 heteroatoms. The van der Waals surface area contributed by atoms with Crippen LogP contribution in [-0.4, -0.2) is 35.4 Å². The van der Waals surface area contributed by atoms with Gasteiger partial charge in [0.15, 0.2) is 0 Å². The molecule has 1 heterocycles. The van der Waals surface area contributed by atoms with E-state index in [9.17, 15) is 13.2 Å². The van der Waals surface area contributed by atoms with Crippen LogP contribution in [0, 0.1) is 0 Å². The number of nitrogens with zero attached hydrogens (tertiary/aromatic N) is 2. The Balaban J connectivity index is 1.92. The number of benzene rings is 2. The third-order valence-electron chi connectivity index (χ3n) is 4.40. The lowest BCUT2D eigenvalue weighted by Crippen LogP contribution is -2.30. The summed E-state index contributed by atoms with van der Waals surface area (Å²) in [5.41, 5.74) is 1.42. The highest BCUT2D eigenvalue weighted by atomic mass is 32.2. The fourth-order valence-electron chi connectivity index (χ4n) is 2.88. The van der Waals surface area contributed by atoms with E-state index >= 15 is 0 Å². The van der Waals surface area contributed by atoms with E-state index in [4.69, 9.17) is 9.84 Å². The molecule has 30 heavy (non-hydrogen) atoms. The van der Waals surface area contributed by atoms with E-state index in [-0.39, 0.29) is 23.5 Å². The summed E-state index contributed by atoms with van der Waals surface area (Å²) in [5, 5.41) is 9.07. The molecule has 0 radical (unpaired) electrons. The lowest BCUT2D eigenvalue weighted by Gasteiger charge is -2.22. The van der Waals surface area contributed by atoms with Crippen LogP contribution in [0.5, 0.6) is 5.75 Å². The summed E-state index contributed by atoms with van der Waals surface area (Å²) in [4.78, 5) is 15.5. The molecule has 3 rings (SSSR count). The summed E-state index contributed by atoms with van der Waals surface area (Å²) in [6.45, 7) is 2.50. The van der Waals surface area contributed by atoms with Crippen molar-refractivity contribution in [3.63, 3.8) is 0 Å². The third-order valence-corrected chi connectivity index (χ3v) is 6.20. The maximum atomic E-state index is 13.3. The van der Waals surface area contributed by atoms with Crippen LogP contribution in [0.3, 0.4) is 0 Å². The summed E-state index contributed by atoms with van der Waals surface area (Å²) < 4.78 is 33.4. The van der Waals surface area contributed by atoms with Crippen LogP contribution < -0.4 is 4.74 Å². The number of sulfonamides is 1. The van der Waals surface area contributed by atoms with Crippen LogP contribution in [0.15, 0.2) is 77.8 Å². The minimum Gasteiger partial charge on any atom is -0.494 e. The molecule has 0 atom stereocenters. The van der Waals surface area contributed by atoms with Gasteiger partial charge >= 0.3 is 5.97 Å². The molecule has 0 bridgehead atoms. The van der Waals surface area contributed by atoms with Crippen LogP contribution in [0.4, 0.5) is 0 Å². The van der Waals surface area contributed by atoms with E-state index in [1.165, 1.54) is 28.6 Å². The van der Waals surface area contributed by atoms with Gasteiger partial charge in [-0.15, -0.1) is 0 Å². The Kier molecular flexibility index (Phi) is 6.81. The topological polar surface area (TPSA) is 96.8 Å². The minimum absolute atomic E-state index is 0.0754. The predicted octanol–water partition coefficient (Wildman–Crippen LogP) is 3.57. The van der Waals surface area contributed by atoms with Crippen molar-refractivity contribution in [2.24, 2.45) is 0 Å². The Bertz CT molecular complexity index is 1080. The first-order chi connectivity index (χ1) is 14.4. The van der Waals surface area contributed by atoms with Gasteiger partial charge in [0.2, 0.25) is 10.0 Å². The normalized spacial score (nSPS) is 11.4. The number of carbonyl (C=O) groups is 1. The van der Waals surface area contributed by atoms with Crippen molar-refractivity contribution >= 4 is 16.0 Å². The number of hydrogen-bond donors (Lipinski definition) is 1. The van der Waals surface area contributed by atoms with Gasteiger partial charge in [0, 0.05) is 12.7 Å². The molecule has 0 fully saturated rings. The molecule has 0 saturated carbocycles. The number of ether oxygens (including phenoxy) is 1. The summed E-state index contributed by atoms with van der Waals surface area (Å²) >= 11 is 0. The average Bonchev–Trinajstić information content (AvgIpc) is 2.75. The molecule has 0 saturated heterocycles. The monoisotopic (exact) mass is 426 g/mol. The minimum atomic E-state index is -3.83. The summed E-state index contributed by atoms with van der Waals surface area (Å²) in [5.74, 6) is -0.439. The highest BCUT2D eigenvalue weighted by Crippen LogP contribution is 2.23. The van der Waals surface area contributed by atoms with Crippen LogP contribution in [0.1, 0.15) is 28.5 Å². The lowest BCUT2D eigenvalue weighted by atomic mass is 10.1. The average molecular weight is 426 g/mol. The van der Waals surface area contributed by atoms with Gasteiger partial charge in [-0.05, 0) is 61.0 Å². The molecule has 0 spiro atoms. The van der Waals surface area contributed by atoms with Crippen molar-refractivity contribution in [2.75, 3.05) is 6.61 Å². The van der Waals surface area contributed by atoms with E-state index in [0.717, 1.165) is 0 Å². The van der Waals surface area contributed by atoms with Gasteiger partial charge in [0.05, 0.1) is 29.3 Å². The molecule has 156 valence electrons. The van der Waals surface area contributed by atoms with E-state index in [1.807, 2.05) is 6.92 Å². The SMILES string of the molecule is CCOc1ccc(S(=O)(=O)N(Cc2ccc(C(=O)O)cc2)Cc2ccccn2)cc1. The molecule has 2 aromatic carbocycles. The molecule has 1 N–H and O–H groups in total. The Morgan fingerprint density at radius 1 is 1.00 bits per heavy atom. The number of aromatic nitrogens is 1. The molecule has 3 aromatic rings. The van der Waals surface area contributed by atoms with Gasteiger partial charge in [0.1, 0.15) is 5.75 Å².